The third kappa shape index (κ3) is 3.03. The first-order valence-electron chi connectivity index (χ1n) is 8.83. The van der Waals surface area contributed by atoms with E-state index in [0.29, 0.717) is 12.2 Å². The molecule has 1 atom stereocenters. The van der Waals surface area contributed by atoms with E-state index in [2.05, 4.69) is 10.2 Å². The summed E-state index contributed by atoms with van der Waals surface area (Å²) >= 11 is 0. The number of nitrogens with zero attached hydrogens (tertiary/aromatic N) is 3. The van der Waals surface area contributed by atoms with Crippen LogP contribution in [0, 0.1) is 5.82 Å². The first kappa shape index (κ1) is 16.6. The topological polar surface area (TPSA) is 53.9 Å². The van der Waals surface area contributed by atoms with E-state index >= 15 is 0 Å². The monoisotopic (exact) mass is 352 g/mol. The fourth-order valence-corrected chi connectivity index (χ4v) is 3.71. The average molecular weight is 352 g/mol. The molecule has 1 aliphatic rings. The third-order valence-electron chi connectivity index (χ3n) is 5.10. The second-order valence-electron chi connectivity index (χ2n) is 6.80. The molecule has 1 N–H and O–H groups in total. The highest BCUT2D eigenvalue weighted by Gasteiger charge is 2.29. The second-order valence-corrected chi connectivity index (χ2v) is 6.80. The number of hydrogen-bond donors (Lipinski definition) is 1. The fourth-order valence-electron chi connectivity index (χ4n) is 3.71. The molecule has 134 valence electrons. The maximum Gasteiger partial charge on any atom is 0.270 e. The summed E-state index contributed by atoms with van der Waals surface area (Å²) in [5, 5.41) is 7.31. The van der Waals surface area contributed by atoms with Crippen molar-refractivity contribution in [1.82, 2.24) is 19.7 Å². The highest BCUT2D eigenvalue weighted by atomic mass is 19.1. The molecule has 0 saturated carbocycles. The van der Waals surface area contributed by atoms with Crippen molar-refractivity contribution in [3.63, 3.8) is 0 Å². The molecule has 1 unspecified atom stereocenters. The molecule has 0 radical (unpaired) electrons. The Labute approximate surface area is 151 Å². The average Bonchev–Trinajstić information content (AvgIpc) is 3.31. The largest absolute Gasteiger partial charge is 0.347 e. The van der Waals surface area contributed by atoms with Crippen LogP contribution in [-0.2, 0) is 7.05 Å². The first-order chi connectivity index (χ1) is 12.6. The summed E-state index contributed by atoms with van der Waals surface area (Å²) < 4.78 is 15.1. The number of carbonyl (C=O) groups is 1. The number of likely N-dealkylation sites (tertiary alicyclic amines) is 1. The molecule has 1 aliphatic heterocycles. The van der Waals surface area contributed by atoms with Gasteiger partial charge in [0.05, 0.1) is 6.20 Å². The van der Waals surface area contributed by atoms with Crippen LogP contribution in [0.4, 0.5) is 4.39 Å². The number of rotatable bonds is 3. The third-order valence-corrected chi connectivity index (χ3v) is 5.10. The number of nitrogens with one attached hydrogen (secondary N) is 1. The highest BCUT2D eigenvalue weighted by molar-refractivity contribution is 5.92. The number of carbonyl (C=O) groups excluding carboxylic acids is 1. The van der Waals surface area contributed by atoms with Crippen LogP contribution in [0.25, 0.3) is 11.1 Å². The van der Waals surface area contributed by atoms with E-state index in [1.165, 1.54) is 12.1 Å². The summed E-state index contributed by atoms with van der Waals surface area (Å²) in [6, 6.07) is 10.2. The van der Waals surface area contributed by atoms with Gasteiger partial charge in [0.1, 0.15) is 11.5 Å². The van der Waals surface area contributed by atoms with Crippen LogP contribution in [0.3, 0.4) is 0 Å². The van der Waals surface area contributed by atoms with Crippen molar-refractivity contribution in [2.45, 2.75) is 18.8 Å². The van der Waals surface area contributed by atoms with E-state index in [9.17, 15) is 9.18 Å². The Morgan fingerprint density at radius 1 is 1.27 bits per heavy atom. The molecule has 26 heavy (non-hydrogen) atoms. The van der Waals surface area contributed by atoms with Gasteiger partial charge in [0.25, 0.3) is 5.91 Å². The molecule has 0 bridgehead atoms. The summed E-state index contributed by atoms with van der Waals surface area (Å²) in [5.41, 5.74) is 3.62. The van der Waals surface area contributed by atoms with Crippen molar-refractivity contribution in [2.75, 3.05) is 13.1 Å². The number of aromatic amines is 1. The van der Waals surface area contributed by atoms with Gasteiger partial charge in [-0.05, 0) is 42.7 Å². The Kier molecular flexibility index (Phi) is 4.32. The van der Waals surface area contributed by atoms with Crippen molar-refractivity contribution in [2.24, 2.45) is 7.05 Å². The number of H-pyrrole nitrogens is 1. The fraction of sp³-hybridized carbons (Fsp3) is 0.300. The quantitative estimate of drug-likeness (QED) is 0.783. The summed E-state index contributed by atoms with van der Waals surface area (Å²) in [6.07, 6.45) is 5.60. The summed E-state index contributed by atoms with van der Waals surface area (Å²) in [7, 11) is 1.89. The van der Waals surface area contributed by atoms with E-state index in [1.807, 2.05) is 34.8 Å². The number of hydrogen-bond acceptors (Lipinski definition) is 2. The Bertz CT molecular complexity index is 912. The van der Waals surface area contributed by atoms with Gasteiger partial charge >= 0.3 is 0 Å². The molecule has 0 spiro atoms. The number of amides is 1. The minimum absolute atomic E-state index is 0.0602. The molecule has 1 amide bonds. The summed E-state index contributed by atoms with van der Waals surface area (Å²) in [4.78, 5) is 14.7. The lowest BCUT2D eigenvalue weighted by atomic mass is 9.90. The molecule has 3 aromatic rings. The SMILES string of the molecule is Cn1cccc1C(=O)N1CCCC(c2[nH]ncc2-c2ccc(F)cc2)C1. The van der Waals surface area contributed by atoms with E-state index in [0.717, 1.165) is 36.2 Å². The maximum absolute atomic E-state index is 13.2. The van der Waals surface area contributed by atoms with Gasteiger partial charge in [-0.2, -0.15) is 5.10 Å². The maximum atomic E-state index is 13.2. The van der Waals surface area contributed by atoms with Crippen molar-refractivity contribution < 1.29 is 9.18 Å². The van der Waals surface area contributed by atoms with Gasteiger partial charge in [-0.1, -0.05) is 12.1 Å². The minimum atomic E-state index is -0.254. The summed E-state index contributed by atoms with van der Waals surface area (Å²) in [5.74, 6) is -0.00336. The molecule has 1 aromatic carbocycles. The molecule has 2 aromatic heterocycles. The summed E-state index contributed by atoms with van der Waals surface area (Å²) in [6.45, 7) is 1.42. The zero-order valence-electron chi connectivity index (χ0n) is 14.7. The van der Waals surface area contributed by atoms with Gasteiger partial charge in [-0.25, -0.2) is 4.39 Å². The number of piperidine rings is 1. The molecule has 4 rings (SSSR count). The lowest BCUT2D eigenvalue weighted by Gasteiger charge is -2.32. The first-order valence-corrected chi connectivity index (χ1v) is 8.83. The predicted octanol–water partition coefficient (Wildman–Crippen LogP) is 3.57. The molecule has 6 heteroatoms. The second kappa shape index (κ2) is 6.78. The molecule has 1 saturated heterocycles. The van der Waals surface area contributed by atoms with Gasteiger partial charge in [-0.15, -0.1) is 0 Å². The van der Waals surface area contributed by atoms with Gasteiger partial charge in [0.2, 0.25) is 0 Å². The van der Waals surface area contributed by atoms with Crippen LogP contribution in [0.2, 0.25) is 0 Å². The van der Waals surface area contributed by atoms with Gasteiger partial charge < -0.3 is 9.47 Å². The Morgan fingerprint density at radius 3 is 2.81 bits per heavy atom. The van der Waals surface area contributed by atoms with Crippen molar-refractivity contribution >= 4 is 5.91 Å². The molecule has 1 fully saturated rings. The lowest BCUT2D eigenvalue weighted by molar-refractivity contribution is 0.0696. The number of benzene rings is 1. The molecule has 0 aliphatic carbocycles. The van der Waals surface area contributed by atoms with E-state index in [4.69, 9.17) is 0 Å². The molecule has 5 nitrogen and oxygen atoms in total. The van der Waals surface area contributed by atoms with E-state index in [1.54, 1.807) is 18.3 Å². The van der Waals surface area contributed by atoms with Gasteiger partial charge in [-0.3, -0.25) is 9.89 Å². The Morgan fingerprint density at radius 2 is 2.08 bits per heavy atom. The zero-order valence-corrected chi connectivity index (χ0v) is 14.7. The van der Waals surface area contributed by atoms with Crippen LogP contribution in [-0.4, -0.2) is 38.7 Å². The van der Waals surface area contributed by atoms with Gasteiger partial charge in [0.15, 0.2) is 0 Å². The number of aryl methyl sites for hydroxylation is 1. The van der Waals surface area contributed by atoms with Crippen LogP contribution in [0.5, 0.6) is 0 Å². The molecular formula is C20H21FN4O. The van der Waals surface area contributed by atoms with E-state index in [-0.39, 0.29) is 17.6 Å². The van der Waals surface area contributed by atoms with Gasteiger partial charge in [0, 0.05) is 43.5 Å². The van der Waals surface area contributed by atoms with E-state index < -0.39 is 0 Å². The highest BCUT2D eigenvalue weighted by Crippen LogP contribution is 2.33. The van der Waals surface area contributed by atoms with Crippen LogP contribution in [0.1, 0.15) is 34.9 Å². The van der Waals surface area contributed by atoms with Crippen molar-refractivity contribution in [3.05, 3.63) is 66.0 Å². The molecule has 3 heterocycles. The van der Waals surface area contributed by atoms with Crippen LogP contribution >= 0.6 is 0 Å². The Hall–Kier alpha value is -2.89. The molecular weight excluding hydrogens is 331 g/mol. The predicted molar refractivity (Wildman–Crippen MR) is 97.3 cm³/mol. The smallest absolute Gasteiger partial charge is 0.270 e. The number of halogens is 1. The number of aromatic nitrogens is 3. The van der Waals surface area contributed by atoms with Crippen LogP contribution in [0.15, 0.2) is 48.8 Å². The van der Waals surface area contributed by atoms with Crippen LogP contribution < -0.4 is 0 Å². The van der Waals surface area contributed by atoms with Crippen molar-refractivity contribution in [3.8, 4) is 11.1 Å². The lowest BCUT2D eigenvalue weighted by Crippen LogP contribution is -2.40. The normalized spacial score (nSPS) is 17.5. The Balaban J connectivity index is 1.57. The van der Waals surface area contributed by atoms with Crippen molar-refractivity contribution in [1.29, 1.82) is 0 Å². The zero-order chi connectivity index (χ0) is 18.1. The minimum Gasteiger partial charge on any atom is -0.347 e. The standard InChI is InChI=1S/C20H21FN4O/c1-24-10-3-5-18(24)20(26)25-11-2-4-15(13-25)19-17(12-22-23-19)14-6-8-16(21)9-7-14/h3,5-10,12,15H,2,4,11,13H2,1H3,(H,22,23).